The minimum absolute atomic E-state index is 0. The molecule has 0 saturated carbocycles. The second kappa shape index (κ2) is 12.6. The molecule has 0 aliphatic carbocycles. The molecule has 0 radical (unpaired) electrons. The molecule has 0 saturated heterocycles. The summed E-state index contributed by atoms with van der Waals surface area (Å²) < 4.78 is 0. The summed E-state index contributed by atoms with van der Waals surface area (Å²) in [6, 6.07) is 9.83. The number of amides is 1. The average Bonchev–Trinajstić information content (AvgIpc) is 3.04. The molecule has 0 fully saturated rings. The topological polar surface area (TPSA) is 78.4 Å². The number of carbonyl (C=O) groups excluding carboxylic acids is 1. The van der Waals surface area contributed by atoms with E-state index >= 15 is 0 Å². The largest absolute Gasteiger partial charge is 0.357 e. The van der Waals surface area contributed by atoms with Crippen molar-refractivity contribution < 1.29 is 4.79 Å². The Kier molecular flexibility index (Phi) is 10.9. The number of halogens is 1. The van der Waals surface area contributed by atoms with Crippen LogP contribution in [0.5, 0.6) is 0 Å². The summed E-state index contributed by atoms with van der Waals surface area (Å²) in [7, 11) is 0. The van der Waals surface area contributed by atoms with Crippen LogP contribution in [0, 0.1) is 6.92 Å². The van der Waals surface area contributed by atoms with E-state index in [0.29, 0.717) is 12.5 Å². The zero-order valence-electron chi connectivity index (χ0n) is 15.1. The summed E-state index contributed by atoms with van der Waals surface area (Å²) >= 11 is 1.65. The number of hydrogen-bond acceptors (Lipinski definition) is 4. The fourth-order valence-corrected chi connectivity index (χ4v) is 2.82. The highest BCUT2D eigenvalue weighted by Crippen LogP contribution is 2.07. The number of guanidine groups is 1. The first kappa shape index (κ1) is 22.4. The van der Waals surface area contributed by atoms with Crippen molar-refractivity contribution in [2.75, 3.05) is 19.6 Å². The molecular weight excluding hydrogens is 461 g/mol. The molecule has 0 spiro atoms. The quantitative estimate of drug-likeness (QED) is 0.304. The van der Waals surface area contributed by atoms with Crippen molar-refractivity contribution in [1.82, 2.24) is 20.9 Å². The summed E-state index contributed by atoms with van der Waals surface area (Å²) in [6.07, 6.45) is 0.828. The van der Waals surface area contributed by atoms with Gasteiger partial charge in [0.15, 0.2) is 5.96 Å². The van der Waals surface area contributed by atoms with Gasteiger partial charge in [-0.1, -0.05) is 30.3 Å². The molecule has 1 aromatic carbocycles. The molecule has 2 aromatic rings. The third-order valence-electron chi connectivity index (χ3n) is 3.40. The van der Waals surface area contributed by atoms with Gasteiger partial charge in [-0.25, -0.2) is 9.98 Å². The first-order chi connectivity index (χ1) is 12.2. The van der Waals surface area contributed by atoms with Crippen molar-refractivity contribution >= 4 is 47.2 Å². The Balaban J connectivity index is 0.00000338. The minimum Gasteiger partial charge on any atom is -0.357 e. The summed E-state index contributed by atoms with van der Waals surface area (Å²) in [5.41, 5.74) is 2.15. The van der Waals surface area contributed by atoms with E-state index in [0.717, 1.165) is 35.8 Å². The number of nitrogens with one attached hydrogen (secondary N) is 3. The van der Waals surface area contributed by atoms with Gasteiger partial charge < -0.3 is 16.0 Å². The van der Waals surface area contributed by atoms with Crippen molar-refractivity contribution in [2.24, 2.45) is 4.99 Å². The van der Waals surface area contributed by atoms with E-state index in [2.05, 4.69) is 31.3 Å². The Morgan fingerprint density at radius 3 is 2.62 bits per heavy atom. The lowest BCUT2D eigenvalue weighted by Gasteiger charge is -2.10. The molecule has 6 nitrogen and oxygen atoms in total. The molecular formula is C18H26IN5OS. The zero-order chi connectivity index (χ0) is 17.9. The first-order valence-electron chi connectivity index (χ1n) is 8.41. The SMILES string of the molecule is CCNC(=NCC(=O)NCc1ccccc1)NCCc1csc(C)n1.I. The van der Waals surface area contributed by atoms with Crippen LogP contribution in [-0.4, -0.2) is 36.5 Å². The van der Waals surface area contributed by atoms with Gasteiger partial charge in [0.05, 0.1) is 10.7 Å². The van der Waals surface area contributed by atoms with Gasteiger partial charge in [-0.2, -0.15) is 0 Å². The third-order valence-corrected chi connectivity index (χ3v) is 4.22. The predicted octanol–water partition coefficient (Wildman–Crippen LogP) is 2.48. The summed E-state index contributed by atoms with van der Waals surface area (Å²) in [5, 5.41) is 12.4. The number of carbonyl (C=O) groups is 1. The Bertz CT molecular complexity index is 690. The van der Waals surface area contributed by atoms with E-state index in [4.69, 9.17) is 0 Å². The molecule has 0 bridgehead atoms. The van der Waals surface area contributed by atoms with E-state index in [-0.39, 0.29) is 36.4 Å². The smallest absolute Gasteiger partial charge is 0.242 e. The van der Waals surface area contributed by atoms with Crippen LogP contribution in [0.1, 0.15) is 23.2 Å². The maximum Gasteiger partial charge on any atom is 0.242 e. The Morgan fingerprint density at radius 1 is 1.19 bits per heavy atom. The van der Waals surface area contributed by atoms with Crippen LogP contribution in [0.2, 0.25) is 0 Å². The van der Waals surface area contributed by atoms with Crippen molar-refractivity contribution in [3.63, 3.8) is 0 Å². The molecule has 1 heterocycles. The van der Waals surface area contributed by atoms with Gasteiger partial charge >= 0.3 is 0 Å². The standard InChI is InChI=1S/C18H25N5OS.HI/c1-3-19-18(20-10-9-16-13-25-14(2)23-16)22-12-17(24)21-11-15-7-5-4-6-8-15;/h4-8,13H,3,9-12H2,1-2H3,(H,21,24)(H2,19,20,22);1H. The van der Waals surface area contributed by atoms with Gasteiger partial charge in [-0.3, -0.25) is 4.79 Å². The van der Waals surface area contributed by atoms with Crippen molar-refractivity contribution in [3.8, 4) is 0 Å². The third kappa shape index (κ3) is 8.61. The minimum atomic E-state index is -0.101. The number of nitrogens with zero attached hydrogens (tertiary/aromatic N) is 2. The van der Waals surface area contributed by atoms with E-state index in [1.807, 2.05) is 44.2 Å². The Labute approximate surface area is 175 Å². The second-order valence-corrected chi connectivity index (χ2v) is 6.55. The maximum absolute atomic E-state index is 11.9. The van der Waals surface area contributed by atoms with Gasteiger partial charge in [0, 0.05) is 31.4 Å². The lowest BCUT2D eigenvalue weighted by atomic mass is 10.2. The number of aliphatic imine (C=N–C) groups is 1. The summed E-state index contributed by atoms with van der Waals surface area (Å²) in [6.45, 7) is 6.08. The van der Waals surface area contributed by atoms with Crippen molar-refractivity contribution in [1.29, 1.82) is 0 Å². The van der Waals surface area contributed by atoms with Crippen LogP contribution >= 0.6 is 35.3 Å². The van der Waals surface area contributed by atoms with Crippen LogP contribution in [-0.2, 0) is 17.8 Å². The number of aryl methyl sites for hydroxylation is 1. The van der Waals surface area contributed by atoms with Crippen LogP contribution in [0.3, 0.4) is 0 Å². The van der Waals surface area contributed by atoms with E-state index < -0.39 is 0 Å². The fraction of sp³-hybridized carbons (Fsp3) is 0.389. The lowest BCUT2D eigenvalue weighted by molar-refractivity contribution is -0.119. The maximum atomic E-state index is 11.9. The molecule has 26 heavy (non-hydrogen) atoms. The van der Waals surface area contributed by atoms with E-state index in [1.165, 1.54) is 0 Å². The molecule has 3 N–H and O–H groups in total. The number of benzene rings is 1. The normalized spacial score (nSPS) is 10.8. The van der Waals surface area contributed by atoms with Crippen LogP contribution in [0.25, 0.3) is 0 Å². The summed E-state index contributed by atoms with van der Waals surface area (Å²) in [4.78, 5) is 20.7. The highest BCUT2D eigenvalue weighted by molar-refractivity contribution is 14.0. The molecule has 0 aliphatic heterocycles. The van der Waals surface area contributed by atoms with Crippen LogP contribution in [0.15, 0.2) is 40.7 Å². The average molecular weight is 487 g/mol. The molecule has 0 unspecified atom stereocenters. The van der Waals surface area contributed by atoms with Crippen LogP contribution in [0.4, 0.5) is 0 Å². The van der Waals surface area contributed by atoms with Gasteiger partial charge in [-0.05, 0) is 19.4 Å². The Morgan fingerprint density at radius 2 is 1.96 bits per heavy atom. The molecule has 1 amide bonds. The molecule has 0 atom stereocenters. The molecule has 2 rings (SSSR count). The number of hydrogen-bond donors (Lipinski definition) is 3. The molecule has 1 aromatic heterocycles. The molecule has 8 heteroatoms. The number of rotatable bonds is 8. The first-order valence-corrected chi connectivity index (χ1v) is 9.29. The number of thiazole rings is 1. The van der Waals surface area contributed by atoms with Gasteiger partial charge in [0.25, 0.3) is 0 Å². The highest BCUT2D eigenvalue weighted by Gasteiger charge is 2.03. The number of aromatic nitrogens is 1. The predicted molar refractivity (Wildman–Crippen MR) is 118 cm³/mol. The Hall–Kier alpha value is -1.68. The zero-order valence-corrected chi connectivity index (χ0v) is 18.3. The van der Waals surface area contributed by atoms with Crippen molar-refractivity contribution in [2.45, 2.75) is 26.8 Å². The van der Waals surface area contributed by atoms with Gasteiger partial charge in [-0.15, -0.1) is 35.3 Å². The van der Waals surface area contributed by atoms with E-state index in [9.17, 15) is 4.79 Å². The molecule has 0 aliphatic rings. The van der Waals surface area contributed by atoms with Crippen LogP contribution < -0.4 is 16.0 Å². The van der Waals surface area contributed by atoms with Crippen molar-refractivity contribution in [3.05, 3.63) is 52.0 Å². The molecule has 142 valence electrons. The summed E-state index contributed by atoms with van der Waals surface area (Å²) in [5.74, 6) is 0.542. The second-order valence-electron chi connectivity index (χ2n) is 5.49. The highest BCUT2D eigenvalue weighted by atomic mass is 127. The monoisotopic (exact) mass is 487 g/mol. The fourth-order valence-electron chi connectivity index (χ4n) is 2.18. The van der Waals surface area contributed by atoms with Gasteiger partial charge in [0.1, 0.15) is 6.54 Å². The lowest BCUT2D eigenvalue weighted by Crippen LogP contribution is -2.39. The van der Waals surface area contributed by atoms with Gasteiger partial charge in [0.2, 0.25) is 5.91 Å². The van der Waals surface area contributed by atoms with E-state index in [1.54, 1.807) is 11.3 Å².